The van der Waals surface area contributed by atoms with Crippen molar-refractivity contribution in [2.45, 2.75) is 24.5 Å². The first-order chi connectivity index (χ1) is 9.16. The topological polar surface area (TPSA) is 44.9 Å². The highest BCUT2D eigenvalue weighted by Crippen LogP contribution is 2.36. The number of hydrogen-bond acceptors (Lipinski definition) is 2. The first-order valence-corrected chi connectivity index (χ1v) is 7.64. The summed E-state index contributed by atoms with van der Waals surface area (Å²) < 4.78 is 0.216. The summed E-state index contributed by atoms with van der Waals surface area (Å²) in [5.41, 5.74) is 1.80. The number of aromatic nitrogens is 1. The molecule has 3 nitrogen and oxygen atoms in total. The number of thioether (sulfide) groups is 1. The number of carbonyl (C=O) groups excluding carboxylic acids is 1. The van der Waals surface area contributed by atoms with Crippen LogP contribution >= 0.6 is 11.8 Å². The average molecular weight is 274 g/mol. The summed E-state index contributed by atoms with van der Waals surface area (Å²) in [4.78, 5) is 15.3. The van der Waals surface area contributed by atoms with E-state index in [1.54, 1.807) is 0 Å². The number of aromatic amines is 1. The van der Waals surface area contributed by atoms with Gasteiger partial charge >= 0.3 is 0 Å². The number of fused-ring (bicyclic) bond motifs is 1. The molecule has 2 heterocycles. The third kappa shape index (κ3) is 2.63. The van der Waals surface area contributed by atoms with Gasteiger partial charge in [-0.2, -0.15) is 11.8 Å². The molecule has 2 N–H and O–H groups in total. The van der Waals surface area contributed by atoms with Crippen LogP contribution in [0.4, 0.5) is 0 Å². The average Bonchev–Trinajstić information content (AvgIpc) is 3.04. The van der Waals surface area contributed by atoms with E-state index in [2.05, 4.69) is 17.2 Å². The van der Waals surface area contributed by atoms with Crippen LogP contribution in [0.1, 0.15) is 30.1 Å². The van der Waals surface area contributed by atoms with Crippen molar-refractivity contribution >= 4 is 28.6 Å². The Kier molecular flexibility index (Phi) is 3.27. The van der Waals surface area contributed by atoms with E-state index in [-0.39, 0.29) is 10.7 Å². The van der Waals surface area contributed by atoms with Gasteiger partial charge < -0.3 is 10.3 Å². The van der Waals surface area contributed by atoms with E-state index in [1.807, 2.05) is 42.2 Å². The first kappa shape index (κ1) is 12.6. The van der Waals surface area contributed by atoms with Crippen LogP contribution in [-0.4, -0.2) is 27.9 Å². The largest absolute Gasteiger partial charge is 0.361 e. The molecule has 0 radical (unpaired) electrons. The number of nitrogens with one attached hydrogen (secondary N) is 2. The minimum atomic E-state index is 0.0248. The Morgan fingerprint density at radius 3 is 3.16 bits per heavy atom. The Balaban J connectivity index is 1.69. The molecule has 1 aromatic carbocycles. The predicted molar refractivity (Wildman–Crippen MR) is 80.7 cm³/mol. The highest BCUT2D eigenvalue weighted by molar-refractivity contribution is 8.00. The van der Waals surface area contributed by atoms with Crippen LogP contribution in [0.3, 0.4) is 0 Å². The van der Waals surface area contributed by atoms with Crippen molar-refractivity contribution in [3.8, 4) is 0 Å². The molecule has 0 aliphatic carbocycles. The molecule has 3 rings (SSSR count). The van der Waals surface area contributed by atoms with Gasteiger partial charge in [-0.1, -0.05) is 0 Å². The first-order valence-electron chi connectivity index (χ1n) is 6.66. The third-order valence-electron chi connectivity index (χ3n) is 3.74. The second-order valence-electron chi connectivity index (χ2n) is 5.36. The van der Waals surface area contributed by atoms with Crippen LogP contribution in [0.15, 0.2) is 30.5 Å². The van der Waals surface area contributed by atoms with E-state index < -0.39 is 0 Å². The van der Waals surface area contributed by atoms with Crippen LogP contribution in [0.5, 0.6) is 0 Å². The normalized spacial score (nSPS) is 22.8. The van der Waals surface area contributed by atoms with Crippen molar-refractivity contribution < 1.29 is 4.79 Å². The standard InChI is InChI=1S/C15H18N2OS/c1-15(6-2-8-19-15)10-17-14(18)12-3-4-13-11(9-12)5-7-16-13/h3-5,7,9,16H,2,6,8,10H2,1H3,(H,17,18). The van der Waals surface area contributed by atoms with Crippen LogP contribution < -0.4 is 5.32 Å². The minimum absolute atomic E-state index is 0.0248. The van der Waals surface area contributed by atoms with Gasteiger partial charge in [-0.3, -0.25) is 4.79 Å². The number of carbonyl (C=O) groups is 1. The number of hydrogen-bond donors (Lipinski definition) is 2. The van der Waals surface area contributed by atoms with E-state index in [4.69, 9.17) is 0 Å². The van der Waals surface area contributed by atoms with E-state index in [1.165, 1.54) is 18.6 Å². The summed E-state index contributed by atoms with van der Waals surface area (Å²) in [7, 11) is 0. The van der Waals surface area contributed by atoms with Gasteiger partial charge in [0.1, 0.15) is 0 Å². The fourth-order valence-corrected chi connectivity index (χ4v) is 3.78. The summed E-state index contributed by atoms with van der Waals surface area (Å²) in [5, 5.41) is 4.15. The number of rotatable bonds is 3. The van der Waals surface area contributed by atoms with Crippen molar-refractivity contribution in [1.82, 2.24) is 10.3 Å². The van der Waals surface area contributed by atoms with E-state index in [9.17, 15) is 4.79 Å². The molecule has 1 amide bonds. The fraction of sp³-hybridized carbons (Fsp3) is 0.400. The van der Waals surface area contributed by atoms with Gasteiger partial charge in [0.2, 0.25) is 0 Å². The molecule has 0 saturated carbocycles. The van der Waals surface area contributed by atoms with Gasteiger partial charge in [-0.15, -0.1) is 0 Å². The second kappa shape index (κ2) is 4.93. The summed E-state index contributed by atoms with van der Waals surface area (Å²) in [6.07, 6.45) is 4.34. The zero-order chi connectivity index (χ0) is 13.3. The van der Waals surface area contributed by atoms with Crippen LogP contribution in [0.2, 0.25) is 0 Å². The number of H-pyrrole nitrogens is 1. The maximum atomic E-state index is 12.2. The molecule has 1 fully saturated rings. The Morgan fingerprint density at radius 2 is 2.37 bits per heavy atom. The lowest BCUT2D eigenvalue weighted by atomic mass is 10.1. The van der Waals surface area contributed by atoms with Crippen molar-refractivity contribution in [3.63, 3.8) is 0 Å². The lowest BCUT2D eigenvalue weighted by molar-refractivity contribution is 0.0950. The molecular weight excluding hydrogens is 256 g/mol. The molecule has 1 aliphatic rings. The quantitative estimate of drug-likeness (QED) is 0.903. The van der Waals surface area contributed by atoms with Gasteiger partial charge in [0.05, 0.1) is 0 Å². The van der Waals surface area contributed by atoms with Crippen molar-refractivity contribution in [2.75, 3.05) is 12.3 Å². The van der Waals surface area contributed by atoms with E-state index in [0.29, 0.717) is 0 Å². The van der Waals surface area contributed by atoms with E-state index in [0.717, 1.165) is 23.0 Å². The Hall–Kier alpha value is -1.42. The summed E-state index contributed by atoms with van der Waals surface area (Å²) in [6.45, 7) is 2.99. The Bertz CT molecular complexity index is 599. The molecule has 0 spiro atoms. The van der Waals surface area contributed by atoms with E-state index >= 15 is 0 Å². The van der Waals surface area contributed by atoms with Gasteiger partial charge in [0.25, 0.3) is 5.91 Å². The van der Waals surface area contributed by atoms with Gasteiger partial charge in [0, 0.05) is 34.0 Å². The monoisotopic (exact) mass is 274 g/mol. The molecule has 100 valence electrons. The maximum absolute atomic E-state index is 12.2. The summed E-state index contributed by atoms with van der Waals surface area (Å²) in [5.74, 6) is 1.23. The molecule has 4 heteroatoms. The summed E-state index contributed by atoms with van der Waals surface area (Å²) in [6, 6.07) is 7.75. The van der Waals surface area contributed by atoms with Crippen LogP contribution in [0, 0.1) is 0 Å². The zero-order valence-corrected chi connectivity index (χ0v) is 11.8. The molecule has 1 aliphatic heterocycles. The van der Waals surface area contributed by atoms with Gasteiger partial charge in [-0.05, 0) is 49.8 Å². The van der Waals surface area contributed by atoms with Gasteiger partial charge in [-0.25, -0.2) is 0 Å². The smallest absolute Gasteiger partial charge is 0.251 e. The molecule has 2 aromatic rings. The highest BCUT2D eigenvalue weighted by Gasteiger charge is 2.29. The van der Waals surface area contributed by atoms with Gasteiger partial charge in [0.15, 0.2) is 0 Å². The molecule has 1 atom stereocenters. The molecule has 19 heavy (non-hydrogen) atoms. The fourth-order valence-electron chi connectivity index (χ4n) is 2.54. The summed E-state index contributed by atoms with van der Waals surface area (Å²) >= 11 is 1.97. The maximum Gasteiger partial charge on any atom is 0.251 e. The minimum Gasteiger partial charge on any atom is -0.361 e. The zero-order valence-electron chi connectivity index (χ0n) is 11.0. The lowest BCUT2D eigenvalue weighted by Crippen LogP contribution is -2.36. The highest BCUT2D eigenvalue weighted by atomic mass is 32.2. The predicted octanol–water partition coefficient (Wildman–Crippen LogP) is 3.18. The third-order valence-corrected chi connectivity index (χ3v) is 5.28. The Morgan fingerprint density at radius 1 is 1.47 bits per heavy atom. The Labute approximate surface area is 117 Å². The molecule has 1 saturated heterocycles. The molecular formula is C15H18N2OS. The number of benzene rings is 1. The molecule has 1 unspecified atom stereocenters. The second-order valence-corrected chi connectivity index (χ2v) is 7.05. The van der Waals surface area contributed by atoms with Crippen molar-refractivity contribution in [3.05, 3.63) is 36.0 Å². The SMILES string of the molecule is CC1(CNC(=O)c2ccc3[nH]ccc3c2)CCCS1. The van der Waals surface area contributed by atoms with Crippen molar-refractivity contribution in [1.29, 1.82) is 0 Å². The molecule has 0 bridgehead atoms. The lowest BCUT2D eigenvalue weighted by Gasteiger charge is -2.22. The van der Waals surface area contributed by atoms with Crippen LogP contribution in [0.25, 0.3) is 10.9 Å². The number of amides is 1. The molecule has 1 aromatic heterocycles. The van der Waals surface area contributed by atoms with Crippen LogP contribution in [-0.2, 0) is 0 Å². The van der Waals surface area contributed by atoms with Crippen molar-refractivity contribution in [2.24, 2.45) is 0 Å².